The zero-order valence-corrected chi connectivity index (χ0v) is 21.2. The van der Waals surface area contributed by atoms with Crippen LogP contribution in [-0.4, -0.2) is 43.6 Å². The van der Waals surface area contributed by atoms with Crippen LogP contribution in [0.3, 0.4) is 0 Å². The number of ether oxygens (including phenoxy) is 1. The fourth-order valence-corrected chi connectivity index (χ4v) is 7.26. The van der Waals surface area contributed by atoms with Gasteiger partial charge in [-0.05, 0) is 49.2 Å². The van der Waals surface area contributed by atoms with Crippen LogP contribution in [0.15, 0.2) is 63.8 Å². The summed E-state index contributed by atoms with van der Waals surface area (Å²) in [6.07, 6.45) is 6.84. The Hall–Kier alpha value is -2.33. The first-order valence-corrected chi connectivity index (χ1v) is 14.5. The molecule has 0 amide bonds. The summed E-state index contributed by atoms with van der Waals surface area (Å²) >= 11 is 1.50. The number of morpholine rings is 1. The standard InChI is InChI=1S/C26H30FN3O3S2/c27-24-10-6-5-9-23(24)25-19-34-26(30(25)21-7-3-1-2-4-8-21)28-20-11-13-22(14-12-20)35(31,32)29-15-17-33-18-16-29/h5-6,9-14,19,21H,1-4,7-8,15-18H2. The zero-order valence-electron chi connectivity index (χ0n) is 19.6. The summed E-state index contributed by atoms with van der Waals surface area (Å²) in [4.78, 5) is 5.95. The van der Waals surface area contributed by atoms with E-state index in [0.29, 0.717) is 37.6 Å². The molecular weight excluding hydrogens is 485 g/mol. The van der Waals surface area contributed by atoms with Gasteiger partial charge < -0.3 is 9.30 Å². The van der Waals surface area contributed by atoms with E-state index in [-0.39, 0.29) is 16.8 Å². The van der Waals surface area contributed by atoms with Gasteiger partial charge in [-0.3, -0.25) is 0 Å². The number of halogens is 1. The van der Waals surface area contributed by atoms with E-state index in [1.54, 1.807) is 30.3 Å². The second kappa shape index (κ2) is 10.7. The number of sulfonamides is 1. The monoisotopic (exact) mass is 515 g/mol. The summed E-state index contributed by atoms with van der Waals surface area (Å²) in [5, 5.41) is 1.99. The van der Waals surface area contributed by atoms with Crippen LogP contribution in [0.5, 0.6) is 0 Å². The number of thiazole rings is 1. The molecule has 3 aromatic rings. The molecule has 0 spiro atoms. The molecule has 0 bridgehead atoms. The van der Waals surface area contributed by atoms with Crippen LogP contribution >= 0.6 is 11.3 Å². The summed E-state index contributed by atoms with van der Waals surface area (Å²) in [6.45, 7) is 1.56. The van der Waals surface area contributed by atoms with Crippen molar-refractivity contribution in [1.82, 2.24) is 8.87 Å². The predicted molar refractivity (Wildman–Crippen MR) is 136 cm³/mol. The highest BCUT2D eigenvalue weighted by atomic mass is 32.2. The average Bonchev–Trinajstić information content (AvgIpc) is 3.09. The summed E-state index contributed by atoms with van der Waals surface area (Å²) in [7, 11) is -3.55. The van der Waals surface area contributed by atoms with E-state index in [1.807, 2.05) is 17.5 Å². The van der Waals surface area contributed by atoms with Gasteiger partial charge in [0.2, 0.25) is 10.0 Å². The molecule has 2 aromatic carbocycles. The predicted octanol–water partition coefficient (Wildman–Crippen LogP) is 5.50. The maximum Gasteiger partial charge on any atom is 0.243 e. The van der Waals surface area contributed by atoms with Crippen LogP contribution in [0.2, 0.25) is 0 Å². The van der Waals surface area contributed by atoms with Crippen molar-refractivity contribution >= 4 is 27.0 Å². The lowest BCUT2D eigenvalue weighted by Crippen LogP contribution is -2.40. The zero-order chi connectivity index (χ0) is 24.3. The van der Waals surface area contributed by atoms with Gasteiger partial charge in [0, 0.05) is 30.1 Å². The lowest BCUT2D eigenvalue weighted by molar-refractivity contribution is 0.0730. The number of hydrogen-bond acceptors (Lipinski definition) is 5. The van der Waals surface area contributed by atoms with E-state index in [0.717, 1.165) is 36.2 Å². The van der Waals surface area contributed by atoms with Gasteiger partial charge >= 0.3 is 0 Å². The fraction of sp³-hybridized carbons (Fsp3) is 0.423. The molecule has 0 radical (unpaired) electrons. The number of aromatic nitrogens is 1. The minimum Gasteiger partial charge on any atom is -0.379 e. The highest BCUT2D eigenvalue weighted by Crippen LogP contribution is 2.33. The van der Waals surface area contributed by atoms with Crippen molar-refractivity contribution in [2.75, 3.05) is 26.3 Å². The molecule has 1 aromatic heterocycles. The Morgan fingerprint density at radius 2 is 1.63 bits per heavy atom. The number of rotatable bonds is 5. The molecule has 5 rings (SSSR count). The maximum atomic E-state index is 14.7. The molecule has 35 heavy (non-hydrogen) atoms. The first-order chi connectivity index (χ1) is 17.0. The van der Waals surface area contributed by atoms with Crippen molar-refractivity contribution in [2.24, 2.45) is 4.99 Å². The Balaban J connectivity index is 1.52. The van der Waals surface area contributed by atoms with E-state index in [4.69, 9.17) is 9.73 Å². The van der Waals surface area contributed by atoms with E-state index in [9.17, 15) is 12.8 Å². The first-order valence-electron chi connectivity index (χ1n) is 12.2. The lowest BCUT2D eigenvalue weighted by Gasteiger charge is -2.26. The third kappa shape index (κ3) is 5.28. The Kier molecular flexibility index (Phi) is 7.48. The number of benzene rings is 2. The third-order valence-electron chi connectivity index (χ3n) is 6.75. The second-order valence-corrected chi connectivity index (χ2v) is 11.8. The van der Waals surface area contributed by atoms with Crippen LogP contribution in [0.1, 0.15) is 44.6 Å². The molecular formula is C26H30FN3O3S2. The van der Waals surface area contributed by atoms with Crippen molar-refractivity contribution in [1.29, 1.82) is 0 Å². The Morgan fingerprint density at radius 3 is 2.31 bits per heavy atom. The van der Waals surface area contributed by atoms with Crippen LogP contribution < -0.4 is 4.80 Å². The quantitative estimate of drug-likeness (QED) is 0.421. The van der Waals surface area contributed by atoms with Crippen molar-refractivity contribution in [3.05, 3.63) is 64.5 Å². The van der Waals surface area contributed by atoms with Gasteiger partial charge in [0.15, 0.2) is 4.80 Å². The fourth-order valence-electron chi connectivity index (χ4n) is 4.88. The molecule has 1 aliphatic carbocycles. The van der Waals surface area contributed by atoms with Gasteiger partial charge in [0.05, 0.1) is 29.5 Å². The number of nitrogens with zero attached hydrogens (tertiary/aromatic N) is 3. The molecule has 1 saturated heterocycles. The van der Waals surface area contributed by atoms with E-state index in [2.05, 4.69) is 4.57 Å². The molecule has 1 aliphatic heterocycles. The molecule has 6 nitrogen and oxygen atoms in total. The van der Waals surface area contributed by atoms with Crippen molar-refractivity contribution < 1.29 is 17.5 Å². The molecule has 0 atom stereocenters. The van der Waals surface area contributed by atoms with Gasteiger partial charge in [0.1, 0.15) is 5.82 Å². The molecule has 186 valence electrons. The molecule has 2 heterocycles. The van der Waals surface area contributed by atoms with Crippen LogP contribution in [0.4, 0.5) is 10.1 Å². The summed E-state index contributed by atoms with van der Waals surface area (Å²) in [5.74, 6) is -0.239. The van der Waals surface area contributed by atoms with Gasteiger partial charge in [-0.1, -0.05) is 37.8 Å². The smallest absolute Gasteiger partial charge is 0.243 e. The largest absolute Gasteiger partial charge is 0.379 e. The molecule has 1 saturated carbocycles. The normalized spacial score (nSPS) is 19.1. The first kappa shape index (κ1) is 24.4. The summed E-state index contributed by atoms with van der Waals surface area (Å²) in [5.41, 5.74) is 2.11. The van der Waals surface area contributed by atoms with Gasteiger partial charge in [-0.2, -0.15) is 4.31 Å². The third-order valence-corrected chi connectivity index (χ3v) is 9.50. The Labute approximate surface area is 209 Å². The Bertz CT molecular complexity index is 1320. The van der Waals surface area contributed by atoms with Crippen molar-refractivity contribution in [2.45, 2.75) is 49.5 Å². The lowest BCUT2D eigenvalue weighted by atomic mass is 10.1. The highest BCUT2D eigenvalue weighted by Gasteiger charge is 2.26. The molecule has 2 aliphatic rings. The molecule has 0 unspecified atom stereocenters. The van der Waals surface area contributed by atoms with E-state index in [1.165, 1.54) is 34.6 Å². The van der Waals surface area contributed by atoms with Gasteiger partial charge in [-0.15, -0.1) is 11.3 Å². The van der Waals surface area contributed by atoms with Crippen LogP contribution in [-0.2, 0) is 14.8 Å². The Morgan fingerprint density at radius 1 is 0.943 bits per heavy atom. The molecule has 2 fully saturated rings. The topological polar surface area (TPSA) is 63.9 Å². The number of hydrogen-bond donors (Lipinski definition) is 0. The van der Waals surface area contributed by atoms with Crippen molar-refractivity contribution in [3.8, 4) is 11.3 Å². The highest BCUT2D eigenvalue weighted by molar-refractivity contribution is 7.89. The SMILES string of the molecule is O=S(=O)(c1ccc(N=c2scc(-c3ccccc3F)n2C2CCCCCC2)cc1)N1CCOCC1. The van der Waals surface area contributed by atoms with E-state index >= 15 is 0 Å². The van der Waals surface area contributed by atoms with Gasteiger partial charge in [-0.25, -0.2) is 17.8 Å². The second-order valence-electron chi connectivity index (χ2n) is 9.02. The average molecular weight is 516 g/mol. The van der Waals surface area contributed by atoms with Crippen LogP contribution in [0.25, 0.3) is 11.3 Å². The van der Waals surface area contributed by atoms with Crippen LogP contribution in [0, 0.1) is 5.82 Å². The van der Waals surface area contributed by atoms with Crippen molar-refractivity contribution in [3.63, 3.8) is 0 Å². The summed E-state index contributed by atoms with van der Waals surface area (Å²) in [6, 6.07) is 13.9. The molecule has 0 N–H and O–H groups in total. The molecule has 9 heteroatoms. The minimum atomic E-state index is -3.55. The maximum absolute atomic E-state index is 14.7. The summed E-state index contributed by atoms with van der Waals surface area (Å²) < 4.78 is 49.6. The minimum absolute atomic E-state index is 0.239. The van der Waals surface area contributed by atoms with E-state index < -0.39 is 10.0 Å². The van der Waals surface area contributed by atoms with Gasteiger partial charge in [0.25, 0.3) is 0 Å².